The van der Waals surface area contributed by atoms with Crippen LogP contribution in [0.3, 0.4) is 0 Å². The van der Waals surface area contributed by atoms with Crippen LogP contribution in [-0.4, -0.2) is 19.2 Å². The molecule has 0 bridgehead atoms. The Morgan fingerprint density at radius 3 is 2.50 bits per heavy atom. The fraction of sp³-hybridized carbons (Fsp3) is 0.500. The summed E-state index contributed by atoms with van der Waals surface area (Å²) in [6, 6.07) is 0. The van der Waals surface area contributed by atoms with E-state index in [0.29, 0.717) is 6.42 Å². The zero-order valence-corrected chi connectivity index (χ0v) is 3.90. The molecule has 0 saturated heterocycles. The fourth-order valence-corrected chi connectivity index (χ4v) is 0.142. The van der Waals surface area contributed by atoms with Gasteiger partial charge in [0, 0.05) is 0 Å². The normalized spacial score (nSPS) is 7.33. The molecule has 0 heterocycles. The SMILES string of the molecule is B=C(C)CC=O. The van der Waals surface area contributed by atoms with Gasteiger partial charge < -0.3 is 0 Å². The van der Waals surface area contributed by atoms with E-state index < -0.39 is 0 Å². The van der Waals surface area contributed by atoms with Crippen LogP contribution in [0.5, 0.6) is 0 Å². The molecule has 0 aliphatic carbocycles. The third-order valence-corrected chi connectivity index (χ3v) is 0.432. The maximum absolute atomic E-state index is 9.55. The van der Waals surface area contributed by atoms with E-state index in [2.05, 4.69) is 7.49 Å². The molecule has 2 heteroatoms. The Labute approximate surface area is 38.4 Å². The second kappa shape index (κ2) is 2.82. The summed E-state index contributed by atoms with van der Waals surface area (Å²) in [4.78, 5) is 9.55. The minimum absolute atomic E-state index is 0.500. The first-order valence-electron chi connectivity index (χ1n) is 1.85. The Hall–Kier alpha value is -0.395. The summed E-state index contributed by atoms with van der Waals surface area (Å²) < 4.78 is 0. The van der Waals surface area contributed by atoms with E-state index in [-0.39, 0.29) is 0 Å². The molecule has 0 aromatic heterocycles. The van der Waals surface area contributed by atoms with Gasteiger partial charge in [-0.1, -0.05) is 0 Å². The van der Waals surface area contributed by atoms with E-state index in [1.54, 1.807) is 0 Å². The average molecular weight is 81.9 g/mol. The second-order valence-electron chi connectivity index (χ2n) is 1.33. The first-order chi connectivity index (χ1) is 2.77. The van der Waals surface area contributed by atoms with Crippen LogP contribution < -0.4 is 0 Å². The minimum atomic E-state index is 0.500. The summed E-state index contributed by atoms with van der Waals surface area (Å²) in [5, 5.41) is 0. The predicted octanol–water partition coefficient (Wildman–Crippen LogP) is -0.332. The molecule has 0 rings (SSSR count). The van der Waals surface area contributed by atoms with Gasteiger partial charge in [-0.3, -0.25) is 0 Å². The van der Waals surface area contributed by atoms with Crippen molar-refractivity contribution in [2.75, 3.05) is 0 Å². The number of carbonyl (C=O) groups excluding carboxylic acids is 1. The standard InChI is InChI=1S/C4H7BO/c1-4(5)2-3-6/h3,5H,2H2,1H3. The van der Waals surface area contributed by atoms with Gasteiger partial charge in [-0.2, -0.15) is 0 Å². The summed E-state index contributed by atoms with van der Waals surface area (Å²) in [5.74, 6) is 0. The number of hydrogen-bond acceptors (Lipinski definition) is 1. The van der Waals surface area contributed by atoms with Gasteiger partial charge in [0.25, 0.3) is 0 Å². The van der Waals surface area contributed by atoms with E-state index in [9.17, 15) is 4.79 Å². The van der Waals surface area contributed by atoms with Gasteiger partial charge >= 0.3 is 37.4 Å². The first kappa shape index (κ1) is 5.60. The maximum atomic E-state index is 9.55. The number of aldehydes is 1. The summed E-state index contributed by atoms with van der Waals surface area (Å²) in [6.07, 6.45) is 1.35. The van der Waals surface area contributed by atoms with Crippen molar-refractivity contribution in [2.24, 2.45) is 0 Å². The van der Waals surface area contributed by atoms with Gasteiger partial charge in [-0.05, 0) is 0 Å². The van der Waals surface area contributed by atoms with Crippen LogP contribution in [0.2, 0.25) is 0 Å². The number of rotatable bonds is 2. The van der Waals surface area contributed by atoms with Gasteiger partial charge in [0.05, 0.1) is 0 Å². The monoisotopic (exact) mass is 82.1 g/mol. The Kier molecular flexibility index (Phi) is 2.64. The van der Waals surface area contributed by atoms with Crippen molar-refractivity contribution in [3.05, 3.63) is 0 Å². The topological polar surface area (TPSA) is 17.1 Å². The summed E-state index contributed by atoms with van der Waals surface area (Å²) in [7, 11) is 3.51. The van der Waals surface area contributed by atoms with Crippen LogP contribution in [0.1, 0.15) is 13.3 Å². The zero-order chi connectivity index (χ0) is 4.99. The van der Waals surface area contributed by atoms with Crippen molar-refractivity contribution in [3.8, 4) is 0 Å². The Morgan fingerprint density at radius 1 is 2.00 bits per heavy atom. The molecule has 0 spiro atoms. The molecule has 0 saturated carbocycles. The van der Waals surface area contributed by atoms with Gasteiger partial charge in [0.15, 0.2) is 0 Å². The molecule has 0 N–H and O–H groups in total. The Balaban J connectivity index is 3.05. The van der Waals surface area contributed by atoms with Crippen LogP contribution in [-0.2, 0) is 4.79 Å². The molecular weight excluding hydrogens is 74.9 g/mol. The molecule has 0 aromatic carbocycles. The molecule has 0 aliphatic heterocycles. The van der Waals surface area contributed by atoms with Crippen LogP contribution >= 0.6 is 0 Å². The zero-order valence-electron chi connectivity index (χ0n) is 3.90. The number of carbonyl (C=O) groups is 1. The summed E-state index contributed by atoms with van der Waals surface area (Å²) >= 11 is 0. The molecule has 1 nitrogen and oxygen atoms in total. The van der Waals surface area contributed by atoms with Crippen LogP contribution in [0.4, 0.5) is 0 Å². The van der Waals surface area contributed by atoms with E-state index in [4.69, 9.17) is 0 Å². The van der Waals surface area contributed by atoms with Crippen molar-refractivity contribution in [1.82, 2.24) is 0 Å². The summed E-state index contributed by atoms with van der Waals surface area (Å²) in [6.45, 7) is 1.83. The molecule has 0 aromatic rings. The van der Waals surface area contributed by atoms with Gasteiger partial charge in [0.1, 0.15) is 0 Å². The molecule has 6 heavy (non-hydrogen) atoms. The third kappa shape index (κ3) is 3.60. The Morgan fingerprint density at radius 2 is 2.50 bits per heavy atom. The summed E-state index contributed by atoms with van der Waals surface area (Å²) in [5.41, 5.74) is 0.921. The third-order valence-electron chi connectivity index (χ3n) is 0.432. The quantitative estimate of drug-likeness (QED) is 0.329. The van der Waals surface area contributed by atoms with Crippen molar-refractivity contribution in [3.63, 3.8) is 0 Å². The van der Waals surface area contributed by atoms with Gasteiger partial charge in [-0.15, -0.1) is 0 Å². The molecule has 0 fully saturated rings. The fourth-order valence-electron chi connectivity index (χ4n) is 0.142. The molecule has 0 aliphatic rings. The van der Waals surface area contributed by atoms with E-state index in [1.165, 1.54) is 0 Å². The Bertz CT molecular complexity index is 67.9. The molecule has 0 atom stereocenters. The van der Waals surface area contributed by atoms with E-state index in [1.807, 2.05) is 6.92 Å². The number of hydrogen-bond donors (Lipinski definition) is 0. The van der Waals surface area contributed by atoms with Crippen LogP contribution in [0, 0.1) is 0 Å². The second-order valence-corrected chi connectivity index (χ2v) is 1.33. The van der Waals surface area contributed by atoms with Crippen LogP contribution in [0.25, 0.3) is 0 Å². The van der Waals surface area contributed by atoms with Crippen molar-refractivity contribution in [1.29, 1.82) is 0 Å². The molecule has 0 unspecified atom stereocenters. The van der Waals surface area contributed by atoms with Gasteiger partial charge in [-0.25, -0.2) is 0 Å². The van der Waals surface area contributed by atoms with Crippen molar-refractivity contribution in [2.45, 2.75) is 13.3 Å². The molecular formula is C4H7BO. The van der Waals surface area contributed by atoms with E-state index >= 15 is 0 Å². The van der Waals surface area contributed by atoms with Crippen molar-refractivity contribution < 1.29 is 4.79 Å². The van der Waals surface area contributed by atoms with E-state index in [0.717, 1.165) is 11.7 Å². The van der Waals surface area contributed by atoms with Crippen molar-refractivity contribution >= 4 is 19.2 Å². The van der Waals surface area contributed by atoms with Crippen LogP contribution in [0.15, 0.2) is 0 Å². The average Bonchev–Trinajstić information content (AvgIpc) is 1.35. The molecule has 0 amide bonds. The first-order valence-corrected chi connectivity index (χ1v) is 1.85. The predicted molar refractivity (Wildman–Crippen MR) is 28.5 cm³/mol. The molecule has 0 radical (unpaired) electrons. The molecule has 32 valence electrons. The van der Waals surface area contributed by atoms with Gasteiger partial charge in [0.2, 0.25) is 0 Å².